The average Bonchev–Trinajstić information content (AvgIpc) is 3.47. The van der Waals surface area contributed by atoms with E-state index in [2.05, 4.69) is 51.7 Å². The summed E-state index contributed by atoms with van der Waals surface area (Å²) in [4.78, 5) is 20.6. The number of carbonyl (C=O) groups excluding carboxylic acids is 1. The number of allylic oxidation sites excluding steroid dienone is 1. The lowest BCUT2D eigenvalue weighted by Crippen LogP contribution is -2.55. The molecule has 2 heterocycles. The van der Waals surface area contributed by atoms with Gasteiger partial charge in [-0.1, -0.05) is 79.7 Å². The van der Waals surface area contributed by atoms with E-state index in [0.717, 1.165) is 37.3 Å². The molecule has 3 aromatic rings. The van der Waals surface area contributed by atoms with E-state index in [1.807, 2.05) is 61.8 Å². The second kappa shape index (κ2) is 10.6. The van der Waals surface area contributed by atoms with Crippen LogP contribution in [0.3, 0.4) is 0 Å². The molecule has 0 N–H and O–H groups in total. The van der Waals surface area contributed by atoms with Gasteiger partial charge in [-0.05, 0) is 37.4 Å². The van der Waals surface area contributed by atoms with E-state index in [1.54, 1.807) is 0 Å². The molecule has 172 valence electrons. The molecule has 0 radical (unpaired) electrons. The van der Waals surface area contributed by atoms with Crippen LogP contribution < -0.4 is 0 Å². The fourth-order valence-electron chi connectivity index (χ4n) is 4.93. The van der Waals surface area contributed by atoms with Crippen LogP contribution in [0.25, 0.3) is 0 Å². The number of esters is 1. The maximum Gasteiger partial charge on any atom is 0.327 e. The fraction of sp³-hybridized carbons (Fsp3) is 0.357. The maximum absolute atomic E-state index is 13.6. The van der Waals surface area contributed by atoms with Crippen LogP contribution >= 0.6 is 0 Å². The number of nitrogens with zero attached hydrogens (tertiary/aromatic N) is 3. The summed E-state index contributed by atoms with van der Waals surface area (Å²) in [6.45, 7) is 6.65. The Labute approximate surface area is 196 Å². The molecular formula is C28H33N3O2. The number of benzene rings is 2. The first-order valence-corrected chi connectivity index (χ1v) is 11.8. The Balaban J connectivity index is 1.56. The van der Waals surface area contributed by atoms with Crippen LogP contribution in [-0.4, -0.2) is 32.5 Å². The van der Waals surface area contributed by atoms with Crippen LogP contribution in [0.2, 0.25) is 0 Å². The van der Waals surface area contributed by atoms with Gasteiger partial charge in [0.2, 0.25) is 0 Å². The lowest BCUT2D eigenvalue weighted by atomic mass is 9.82. The van der Waals surface area contributed by atoms with Gasteiger partial charge in [0.15, 0.2) is 0 Å². The summed E-state index contributed by atoms with van der Waals surface area (Å²) in [6.07, 6.45) is 9.76. The van der Waals surface area contributed by atoms with Crippen molar-refractivity contribution in [3.8, 4) is 0 Å². The summed E-state index contributed by atoms with van der Waals surface area (Å²) in [5, 5.41) is 0. The summed E-state index contributed by atoms with van der Waals surface area (Å²) in [5.41, 5.74) is 1.54. The van der Waals surface area contributed by atoms with Crippen LogP contribution in [0.1, 0.15) is 43.6 Å². The number of ether oxygens (including phenoxy) is 1. The van der Waals surface area contributed by atoms with Crippen LogP contribution in [0.5, 0.6) is 0 Å². The molecule has 0 saturated carbocycles. The third-order valence-corrected chi connectivity index (χ3v) is 6.68. The van der Waals surface area contributed by atoms with Gasteiger partial charge in [-0.3, -0.25) is 9.69 Å². The van der Waals surface area contributed by atoms with Crippen molar-refractivity contribution in [1.29, 1.82) is 0 Å². The van der Waals surface area contributed by atoms with Crippen LogP contribution in [0, 0.1) is 5.92 Å². The van der Waals surface area contributed by atoms with E-state index in [9.17, 15) is 4.79 Å². The molecule has 1 aliphatic heterocycles. The summed E-state index contributed by atoms with van der Waals surface area (Å²) in [7, 11) is 0. The third kappa shape index (κ3) is 5.09. The van der Waals surface area contributed by atoms with E-state index in [0.29, 0.717) is 13.2 Å². The molecule has 2 unspecified atom stereocenters. The Morgan fingerprint density at radius 1 is 1.09 bits per heavy atom. The zero-order chi connectivity index (χ0) is 23.1. The van der Waals surface area contributed by atoms with E-state index in [-0.39, 0.29) is 11.9 Å². The third-order valence-electron chi connectivity index (χ3n) is 6.68. The number of hydrogen-bond acceptors (Lipinski definition) is 4. The monoisotopic (exact) mass is 443 g/mol. The summed E-state index contributed by atoms with van der Waals surface area (Å²) in [6, 6.07) is 20.3. The molecule has 0 bridgehead atoms. The minimum atomic E-state index is -0.690. The topological polar surface area (TPSA) is 47.4 Å². The molecule has 2 aromatic carbocycles. The highest BCUT2D eigenvalue weighted by molar-refractivity contribution is 5.82. The molecule has 0 aliphatic carbocycles. The van der Waals surface area contributed by atoms with E-state index in [1.165, 1.54) is 5.56 Å². The van der Waals surface area contributed by atoms with E-state index >= 15 is 0 Å². The van der Waals surface area contributed by atoms with E-state index in [4.69, 9.17) is 4.74 Å². The minimum absolute atomic E-state index is 0.0332. The number of imidazole rings is 1. The highest BCUT2D eigenvalue weighted by Crippen LogP contribution is 2.39. The zero-order valence-corrected chi connectivity index (χ0v) is 19.6. The summed E-state index contributed by atoms with van der Waals surface area (Å²) >= 11 is 0. The Morgan fingerprint density at radius 2 is 1.79 bits per heavy atom. The number of aromatic nitrogens is 2. The first kappa shape index (κ1) is 23.0. The Morgan fingerprint density at radius 3 is 2.48 bits per heavy atom. The quantitative estimate of drug-likeness (QED) is 0.336. The van der Waals surface area contributed by atoms with Crippen LogP contribution in [0.15, 0.2) is 85.2 Å². The van der Waals surface area contributed by atoms with Gasteiger partial charge in [0.05, 0.1) is 6.54 Å². The standard InChI is InChI=1S/C28H33N3O2/c1-3-11-23(2)28(27(32)33-22-25-14-8-5-9-15-25)16-10-18-31(28)21-26-29-17-19-30(26)20-24-12-6-4-7-13-24/h3-9,11-15,17,19,23H,10,16,18,20-22H2,1-2H3/b11-3+. The lowest BCUT2D eigenvalue weighted by molar-refractivity contribution is -0.161. The van der Waals surface area contributed by atoms with Crippen molar-refractivity contribution >= 4 is 5.97 Å². The molecule has 5 nitrogen and oxygen atoms in total. The first-order valence-electron chi connectivity index (χ1n) is 11.8. The van der Waals surface area contributed by atoms with Crippen LogP contribution in [0.4, 0.5) is 0 Å². The normalized spacial score (nSPS) is 19.7. The molecule has 1 saturated heterocycles. The van der Waals surface area contributed by atoms with Crippen LogP contribution in [-0.2, 0) is 29.2 Å². The van der Waals surface area contributed by atoms with Gasteiger partial charge in [-0.25, -0.2) is 4.98 Å². The average molecular weight is 444 g/mol. The van der Waals surface area contributed by atoms with Gasteiger partial charge < -0.3 is 9.30 Å². The smallest absolute Gasteiger partial charge is 0.327 e. The highest BCUT2D eigenvalue weighted by Gasteiger charge is 2.52. The van der Waals surface area contributed by atoms with Crippen molar-refractivity contribution in [3.63, 3.8) is 0 Å². The van der Waals surface area contributed by atoms with Gasteiger partial charge in [0.25, 0.3) is 0 Å². The predicted molar refractivity (Wildman–Crippen MR) is 130 cm³/mol. The highest BCUT2D eigenvalue weighted by atomic mass is 16.5. The number of likely N-dealkylation sites (tertiary alicyclic amines) is 1. The lowest BCUT2D eigenvalue weighted by Gasteiger charge is -2.39. The number of carbonyl (C=O) groups is 1. The van der Waals surface area contributed by atoms with Crippen molar-refractivity contribution < 1.29 is 9.53 Å². The molecular weight excluding hydrogens is 410 g/mol. The van der Waals surface area contributed by atoms with Crippen molar-refractivity contribution in [2.45, 2.75) is 51.9 Å². The predicted octanol–water partition coefficient (Wildman–Crippen LogP) is 5.22. The SMILES string of the molecule is C/C=C/C(C)C1(C(=O)OCc2ccccc2)CCCN1Cc1nccn1Cc1ccccc1. The molecule has 0 spiro atoms. The zero-order valence-electron chi connectivity index (χ0n) is 19.6. The Bertz CT molecular complexity index is 1060. The van der Waals surface area contributed by atoms with Gasteiger partial charge in [-0.2, -0.15) is 0 Å². The Hall–Kier alpha value is -3.18. The number of rotatable bonds is 9. The van der Waals surface area contributed by atoms with Crippen molar-refractivity contribution in [3.05, 3.63) is 102 Å². The Kier molecular flexibility index (Phi) is 7.40. The maximum atomic E-state index is 13.6. The summed E-state index contributed by atoms with van der Waals surface area (Å²) < 4.78 is 8.09. The molecule has 1 aliphatic rings. The van der Waals surface area contributed by atoms with Gasteiger partial charge in [-0.15, -0.1) is 0 Å². The second-order valence-corrected chi connectivity index (χ2v) is 8.78. The molecule has 2 atom stereocenters. The van der Waals surface area contributed by atoms with Crippen molar-refractivity contribution in [2.24, 2.45) is 5.92 Å². The first-order chi connectivity index (χ1) is 16.1. The molecule has 33 heavy (non-hydrogen) atoms. The number of hydrogen-bond donors (Lipinski definition) is 0. The van der Waals surface area contributed by atoms with Gasteiger partial charge in [0, 0.05) is 24.9 Å². The van der Waals surface area contributed by atoms with Crippen molar-refractivity contribution in [2.75, 3.05) is 6.54 Å². The largest absolute Gasteiger partial charge is 0.459 e. The molecule has 4 rings (SSSR count). The molecule has 5 heteroatoms. The fourth-order valence-corrected chi connectivity index (χ4v) is 4.93. The molecule has 1 aromatic heterocycles. The second-order valence-electron chi connectivity index (χ2n) is 8.78. The van der Waals surface area contributed by atoms with E-state index < -0.39 is 5.54 Å². The molecule has 0 amide bonds. The van der Waals surface area contributed by atoms with Gasteiger partial charge in [0.1, 0.15) is 18.0 Å². The van der Waals surface area contributed by atoms with Gasteiger partial charge >= 0.3 is 5.97 Å². The molecule has 1 fully saturated rings. The summed E-state index contributed by atoms with van der Waals surface area (Å²) in [5.74, 6) is 0.857. The van der Waals surface area contributed by atoms with Crippen molar-refractivity contribution in [1.82, 2.24) is 14.5 Å². The minimum Gasteiger partial charge on any atom is -0.459 e.